The largest absolute Gasteiger partial charge is 0.342 e. The van der Waals surface area contributed by atoms with Gasteiger partial charge in [-0.3, -0.25) is 9.59 Å². The zero-order valence-corrected chi connectivity index (χ0v) is 10.2. The Labute approximate surface area is 99.3 Å². The maximum atomic E-state index is 12.4. The molecule has 0 radical (unpaired) electrons. The molecular weight excluding hydrogens is 230 g/mol. The van der Waals surface area contributed by atoms with Gasteiger partial charge in [-0.25, -0.2) is 8.78 Å². The van der Waals surface area contributed by atoms with E-state index in [1.807, 2.05) is 0 Å². The van der Waals surface area contributed by atoms with Crippen molar-refractivity contribution >= 4 is 11.8 Å². The number of rotatable bonds is 4. The highest BCUT2D eigenvalue weighted by atomic mass is 19.3. The van der Waals surface area contributed by atoms with Gasteiger partial charge in [0.1, 0.15) is 12.1 Å². The number of piperazine rings is 1. The molecule has 0 aromatic carbocycles. The number of alkyl halides is 2. The molecule has 0 aliphatic carbocycles. The van der Waals surface area contributed by atoms with Crippen LogP contribution in [0.5, 0.6) is 0 Å². The van der Waals surface area contributed by atoms with Gasteiger partial charge in [-0.05, 0) is 12.3 Å². The van der Waals surface area contributed by atoms with E-state index in [2.05, 4.69) is 5.32 Å². The van der Waals surface area contributed by atoms with Crippen molar-refractivity contribution in [3.63, 3.8) is 0 Å². The molecule has 4 nitrogen and oxygen atoms in total. The smallest absolute Gasteiger partial charge is 0.255 e. The van der Waals surface area contributed by atoms with E-state index in [4.69, 9.17) is 0 Å². The average Bonchev–Trinajstić information content (AvgIpc) is 2.22. The zero-order valence-electron chi connectivity index (χ0n) is 10.2. The fraction of sp³-hybridized carbons (Fsp3) is 0.818. The summed E-state index contributed by atoms with van der Waals surface area (Å²) in [4.78, 5) is 24.7. The van der Waals surface area contributed by atoms with Gasteiger partial charge in [0.25, 0.3) is 6.43 Å². The number of halogens is 2. The summed E-state index contributed by atoms with van der Waals surface area (Å²) < 4.78 is 24.9. The van der Waals surface area contributed by atoms with Gasteiger partial charge in [0, 0.05) is 0 Å². The summed E-state index contributed by atoms with van der Waals surface area (Å²) in [6, 6.07) is -1.46. The highest BCUT2D eigenvalue weighted by molar-refractivity contribution is 5.97. The summed E-state index contributed by atoms with van der Waals surface area (Å²) in [6.45, 7) is 4.57. The second-order valence-electron chi connectivity index (χ2n) is 4.54. The third-order valence-corrected chi connectivity index (χ3v) is 2.91. The maximum absolute atomic E-state index is 12.4. The van der Waals surface area contributed by atoms with Gasteiger partial charge in [-0.1, -0.05) is 20.8 Å². The Morgan fingerprint density at radius 2 is 1.94 bits per heavy atom. The quantitative estimate of drug-likeness (QED) is 0.807. The van der Waals surface area contributed by atoms with Gasteiger partial charge < -0.3 is 10.2 Å². The minimum atomic E-state index is -2.62. The SMILES string of the molecule is CCC1C(=O)NC(C(C)C)C(=O)N1CC(F)F. The highest BCUT2D eigenvalue weighted by Crippen LogP contribution is 2.18. The van der Waals surface area contributed by atoms with Crippen molar-refractivity contribution in [1.29, 1.82) is 0 Å². The van der Waals surface area contributed by atoms with Crippen LogP contribution in [0.2, 0.25) is 0 Å². The first-order chi connectivity index (χ1) is 7.88. The minimum Gasteiger partial charge on any atom is -0.342 e. The lowest BCUT2D eigenvalue weighted by Gasteiger charge is -2.39. The van der Waals surface area contributed by atoms with Crippen LogP contribution >= 0.6 is 0 Å². The summed E-state index contributed by atoms with van der Waals surface area (Å²) in [7, 11) is 0. The van der Waals surface area contributed by atoms with Crippen molar-refractivity contribution in [3.8, 4) is 0 Å². The predicted molar refractivity (Wildman–Crippen MR) is 58.6 cm³/mol. The highest BCUT2D eigenvalue weighted by Gasteiger charge is 2.41. The molecule has 6 heteroatoms. The molecule has 1 fully saturated rings. The van der Waals surface area contributed by atoms with E-state index in [0.717, 1.165) is 4.90 Å². The number of carbonyl (C=O) groups excluding carboxylic acids is 2. The lowest BCUT2D eigenvalue weighted by molar-refractivity contribution is -0.152. The lowest BCUT2D eigenvalue weighted by Crippen LogP contribution is -2.65. The molecule has 0 bridgehead atoms. The standard InChI is InChI=1S/C11H18F2N2O2/c1-4-7-10(16)14-9(6(2)3)11(17)15(7)5-8(12)13/h6-9H,4-5H2,1-3H3,(H,14,16). The molecule has 1 aliphatic rings. The second kappa shape index (κ2) is 5.42. The molecule has 0 spiro atoms. The third kappa shape index (κ3) is 2.92. The van der Waals surface area contributed by atoms with Crippen molar-refractivity contribution < 1.29 is 18.4 Å². The monoisotopic (exact) mass is 248 g/mol. The maximum Gasteiger partial charge on any atom is 0.255 e. The Kier molecular flexibility index (Phi) is 4.42. The molecule has 2 atom stereocenters. The summed E-state index contributed by atoms with van der Waals surface area (Å²) in [5.74, 6) is -0.859. The van der Waals surface area contributed by atoms with Gasteiger partial charge in [-0.2, -0.15) is 0 Å². The van der Waals surface area contributed by atoms with Crippen LogP contribution in [0, 0.1) is 5.92 Å². The Morgan fingerprint density at radius 1 is 1.35 bits per heavy atom. The summed E-state index contributed by atoms with van der Waals surface area (Å²) in [5.41, 5.74) is 0. The van der Waals surface area contributed by atoms with Gasteiger partial charge in [0.2, 0.25) is 11.8 Å². The zero-order chi connectivity index (χ0) is 13.2. The number of nitrogens with zero attached hydrogens (tertiary/aromatic N) is 1. The Bertz CT molecular complexity index is 308. The first kappa shape index (κ1) is 13.9. The molecule has 17 heavy (non-hydrogen) atoms. The number of amides is 2. The number of carbonyl (C=O) groups is 2. The average molecular weight is 248 g/mol. The van der Waals surface area contributed by atoms with Crippen LogP contribution < -0.4 is 5.32 Å². The van der Waals surface area contributed by atoms with Crippen LogP contribution in [0.25, 0.3) is 0 Å². The first-order valence-corrected chi connectivity index (χ1v) is 5.77. The third-order valence-electron chi connectivity index (χ3n) is 2.91. The minimum absolute atomic E-state index is 0.107. The Hall–Kier alpha value is -1.20. The molecule has 0 saturated carbocycles. The van der Waals surface area contributed by atoms with E-state index < -0.39 is 31.0 Å². The van der Waals surface area contributed by atoms with Crippen molar-refractivity contribution in [2.45, 2.75) is 45.7 Å². The van der Waals surface area contributed by atoms with Crippen LogP contribution in [-0.4, -0.2) is 41.8 Å². The number of nitrogens with one attached hydrogen (secondary N) is 1. The summed E-state index contributed by atoms with van der Waals surface area (Å²) in [6.07, 6.45) is -2.28. The van der Waals surface area contributed by atoms with E-state index >= 15 is 0 Å². The van der Waals surface area contributed by atoms with E-state index in [-0.39, 0.29) is 11.8 Å². The fourth-order valence-corrected chi connectivity index (χ4v) is 2.01. The molecule has 2 amide bonds. The Morgan fingerprint density at radius 3 is 2.35 bits per heavy atom. The fourth-order valence-electron chi connectivity index (χ4n) is 2.01. The molecule has 0 aromatic heterocycles. The van der Waals surface area contributed by atoms with Crippen molar-refractivity contribution in [3.05, 3.63) is 0 Å². The molecule has 98 valence electrons. The van der Waals surface area contributed by atoms with Crippen LogP contribution in [0.15, 0.2) is 0 Å². The van der Waals surface area contributed by atoms with Crippen LogP contribution in [0.3, 0.4) is 0 Å². The molecule has 2 unspecified atom stereocenters. The molecule has 1 saturated heterocycles. The van der Waals surface area contributed by atoms with E-state index in [1.54, 1.807) is 20.8 Å². The molecule has 0 aromatic rings. The van der Waals surface area contributed by atoms with Crippen LogP contribution in [0.4, 0.5) is 8.78 Å². The molecule has 1 N–H and O–H groups in total. The number of hydrogen-bond acceptors (Lipinski definition) is 2. The molecule has 1 aliphatic heterocycles. The van der Waals surface area contributed by atoms with E-state index in [1.165, 1.54) is 0 Å². The van der Waals surface area contributed by atoms with Gasteiger partial charge >= 0.3 is 0 Å². The number of hydrogen-bond donors (Lipinski definition) is 1. The predicted octanol–water partition coefficient (Wildman–Crippen LogP) is 1.01. The van der Waals surface area contributed by atoms with Crippen molar-refractivity contribution in [2.24, 2.45) is 5.92 Å². The van der Waals surface area contributed by atoms with Crippen LogP contribution in [-0.2, 0) is 9.59 Å². The first-order valence-electron chi connectivity index (χ1n) is 5.77. The lowest BCUT2D eigenvalue weighted by atomic mass is 9.97. The summed E-state index contributed by atoms with van der Waals surface area (Å²) in [5, 5.41) is 2.59. The van der Waals surface area contributed by atoms with Gasteiger partial charge in [0.15, 0.2) is 0 Å². The van der Waals surface area contributed by atoms with E-state index in [9.17, 15) is 18.4 Å². The molecule has 1 heterocycles. The van der Waals surface area contributed by atoms with Crippen molar-refractivity contribution in [2.75, 3.05) is 6.54 Å². The summed E-state index contributed by atoms with van der Waals surface area (Å²) >= 11 is 0. The van der Waals surface area contributed by atoms with E-state index in [0.29, 0.717) is 6.42 Å². The normalized spacial score (nSPS) is 25.7. The van der Waals surface area contributed by atoms with Crippen LogP contribution in [0.1, 0.15) is 27.2 Å². The second-order valence-corrected chi connectivity index (χ2v) is 4.54. The van der Waals surface area contributed by atoms with Gasteiger partial charge in [-0.15, -0.1) is 0 Å². The Balaban J connectivity index is 2.92. The topological polar surface area (TPSA) is 49.4 Å². The molecular formula is C11H18F2N2O2. The van der Waals surface area contributed by atoms with Gasteiger partial charge in [0.05, 0.1) is 6.54 Å². The van der Waals surface area contributed by atoms with Crippen molar-refractivity contribution in [1.82, 2.24) is 10.2 Å². The molecule has 1 rings (SSSR count).